The van der Waals surface area contributed by atoms with Crippen LogP contribution in [0.2, 0.25) is 0 Å². The molecule has 0 bridgehead atoms. The Morgan fingerprint density at radius 3 is 0.971 bits per heavy atom. The molecule has 0 saturated carbocycles. The summed E-state index contributed by atoms with van der Waals surface area (Å²) >= 11 is 0. The van der Waals surface area contributed by atoms with Gasteiger partial charge in [-0.05, 0) is 175 Å². The van der Waals surface area contributed by atoms with Crippen LogP contribution in [0, 0.1) is 0 Å². The van der Waals surface area contributed by atoms with Gasteiger partial charge in [-0.2, -0.15) is 0 Å². The molecular formula is C123H80N12O5. The van der Waals surface area contributed by atoms with Crippen molar-refractivity contribution in [2.24, 2.45) is 0 Å². The molecule has 1 aliphatic rings. The standard InChI is InChI=1S/C25H16N2O.C25H18N2O.C25H16N2O.2C24H15N3O/c1-2-7-23-20(5-1)21-13-10-18-14-16-28-25(18)24(21)27(23)19-11-8-17(9-12-19)22-6-3-4-15-26-22;1-2-6-23-21(5-1)22-12-9-18-13-15-28-25(18)24(22)27(23)20-10-7-17(8-11-20)19-4-3-14-26-16-19;1-2-6-17(7-3-1)19-11-13-23(26-16-19)27-22-9-5-4-8-20(22)21-12-10-18-14-15-28-25(18)24(21)27;1-2-6-21-19(5-1)20-9-7-16-11-13-28-24(16)23(20)27(21)22-10-8-18(15-26-22)17-4-3-12-25-14-17;1-2-4-21-19(3-1)20-7-5-17-11-14-28-24(17)23(20)27(21)22-8-6-18(15-26-22)16-9-12-25-13-10-16/h1-16H;1-7,9-17H,8H2;1-16H;2*1-15H. The highest BCUT2D eigenvalue weighted by Gasteiger charge is 2.25. The Bertz CT molecular complexity index is 8860. The molecule has 0 aliphatic heterocycles. The van der Waals surface area contributed by atoms with Gasteiger partial charge in [-0.3, -0.25) is 33.6 Å². The molecule has 0 N–H and O–H groups in total. The number of pyridine rings is 7. The van der Waals surface area contributed by atoms with Crippen LogP contribution < -0.4 is 0 Å². The third kappa shape index (κ3) is 14.2. The Hall–Kier alpha value is -19.1. The number of benzene rings is 12. The third-order valence-corrected chi connectivity index (χ3v) is 26.9. The van der Waals surface area contributed by atoms with Crippen molar-refractivity contribution in [2.75, 3.05) is 0 Å². The summed E-state index contributed by atoms with van der Waals surface area (Å²) in [6, 6.07) is 123. The topological polar surface area (TPSA) is 181 Å². The molecule has 0 fully saturated rings. The Balaban J connectivity index is 0.0000000900. The normalized spacial score (nSPS) is 12.6. The Labute approximate surface area is 799 Å². The molecule has 17 aromatic heterocycles. The monoisotopic (exact) mass is 1800 g/mol. The summed E-state index contributed by atoms with van der Waals surface area (Å²) in [5, 5.41) is 17.5. The molecule has 1 unspecified atom stereocenters. The van der Waals surface area contributed by atoms with E-state index in [1.54, 1.807) is 49.9 Å². The zero-order valence-corrected chi connectivity index (χ0v) is 75.1. The van der Waals surface area contributed by atoms with Gasteiger partial charge in [-0.1, -0.05) is 224 Å². The largest absolute Gasteiger partial charge is 0.462 e. The Morgan fingerprint density at radius 2 is 0.586 bits per heavy atom. The van der Waals surface area contributed by atoms with E-state index in [9.17, 15) is 0 Å². The van der Waals surface area contributed by atoms with E-state index in [1.165, 1.54) is 65.4 Å². The number of rotatable bonds is 10. The summed E-state index contributed by atoms with van der Waals surface area (Å²) in [5.74, 6) is 2.99. The first-order valence-corrected chi connectivity index (χ1v) is 46.5. The maximum absolute atomic E-state index is 5.90. The van der Waals surface area contributed by atoms with Crippen LogP contribution in [0.15, 0.2) is 492 Å². The average molecular weight is 1810 g/mol. The number of nitrogens with zero attached hydrogens (tertiary/aromatic N) is 12. The summed E-state index contributed by atoms with van der Waals surface area (Å²) in [6.07, 6.45) is 35.1. The molecule has 1 aliphatic carbocycles. The van der Waals surface area contributed by atoms with E-state index in [-0.39, 0.29) is 0 Å². The predicted octanol–water partition coefficient (Wildman–Crippen LogP) is 31.7. The average Bonchev–Trinajstić information content (AvgIpc) is 1.60. The highest BCUT2D eigenvalue weighted by molar-refractivity contribution is 6.22. The summed E-state index contributed by atoms with van der Waals surface area (Å²) in [5.41, 5.74) is 27.8. The first kappa shape index (κ1) is 81.6. The minimum absolute atomic E-state index is 0.370. The number of furan rings is 5. The van der Waals surface area contributed by atoms with E-state index in [1.807, 2.05) is 140 Å². The van der Waals surface area contributed by atoms with E-state index < -0.39 is 0 Å². The van der Waals surface area contributed by atoms with Gasteiger partial charge in [-0.25, -0.2) is 15.0 Å². The van der Waals surface area contributed by atoms with Crippen LogP contribution in [0.3, 0.4) is 0 Å². The van der Waals surface area contributed by atoms with Gasteiger partial charge in [0.1, 0.15) is 17.5 Å². The first-order chi connectivity index (χ1) is 69.5. The van der Waals surface area contributed by atoms with Gasteiger partial charge in [0.15, 0.2) is 27.9 Å². The molecule has 30 rings (SSSR count). The molecule has 1 atom stereocenters. The second kappa shape index (κ2) is 34.7. The molecule has 0 amide bonds. The second-order valence-electron chi connectivity index (χ2n) is 34.7. The fourth-order valence-electron chi connectivity index (χ4n) is 20.3. The van der Waals surface area contributed by atoms with Crippen molar-refractivity contribution in [3.05, 3.63) is 475 Å². The number of para-hydroxylation sites is 5. The molecule has 17 heteroatoms. The van der Waals surface area contributed by atoms with Crippen molar-refractivity contribution in [3.8, 4) is 67.8 Å². The SMILES string of the molecule is C1=CC(c2cccnc2)CC=C1n1c2ccccc2c2ccc3ccoc3c21.c1ccc(-c2ccc(-n3c4ccccc4c4ccc5ccoc5c43)cc2)nc1.c1ccc(-c2ccc(-n3c4ccccc4c4ccc5ccoc5c43)nc2)cc1.c1ccc2c(c1)c1ccc3ccoc3c1n2-c1ccc(-c2ccncc2)cn1.c1cncc(-c2ccc(-n3c4ccccc4c4ccc5ccoc5c43)nc2)c1. The molecule has 662 valence electrons. The van der Waals surface area contributed by atoms with Crippen LogP contribution in [0.5, 0.6) is 0 Å². The van der Waals surface area contributed by atoms with Crippen LogP contribution in [0.1, 0.15) is 17.9 Å². The number of allylic oxidation sites excluding steroid dienone is 4. The van der Waals surface area contributed by atoms with Gasteiger partial charge in [0, 0.05) is 188 Å². The summed E-state index contributed by atoms with van der Waals surface area (Å²) in [6.45, 7) is 0. The van der Waals surface area contributed by atoms with Crippen LogP contribution in [-0.4, -0.2) is 57.7 Å². The van der Waals surface area contributed by atoms with Gasteiger partial charge in [0.05, 0.1) is 92.2 Å². The molecular weight excluding hydrogens is 1730 g/mol. The smallest absolute Gasteiger partial charge is 0.158 e. The van der Waals surface area contributed by atoms with Gasteiger partial charge < -0.3 is 31.2 Å². The highest BCUT2D eigenvalue weighted by Crippen LogP contribution is 2.45. The van der Waals surface area contributed by atoms with Crippen LogP contribution in [0.25, 0.3) is 237 Å². The lowest BCUT2D eigenvalue weighted by atomic mass is 9.93. The van der Waals surface area contributed by atoms with Gasteiger partial charge >= 0.3 is 0 Å². The third-order valence-electron chi connectivity index (χ3n) is 26.9. The Kier molecular flexibility index (Phi) is 20.2. The first-order valence-electron chi connectivity index (χ1n) is 46.5. The number of aromatic nitrogens is 12. The van der Waals surface area contributed by atoms with E-state index in [0.29, 0.717) is 5.92 Å². The highest BCUT2D eigenvalue weighted by atomic mass is 16.3. The molecule has 0 spiro atoms. The lowest BCUT2D eigenvalue weighted by Gasteiger charge is -2.18. The van der Waals surface area contributed by atoms with Crippen molar-refractivity contribution in [3.63, 3.8) is 0 Å². The zero-order valence-electron chi connectivity index (χ0n) is 75.1. The van der Waals surface area contributed by atoms with Gasteiger partial charge in [-0.15, -0.1) is 0 Å². The fraction of sp³-hybridized carbons (Fsp3) is 0.0163. The van der Waals surface area contributed by atoms with Gasteiger partial charge in [0.2, 0.25) is 0 Å². The van der Waals surface area contributed by atoms with Crippen LogP contribution in [0.4, 0.5) is 0 Å². The second-order valence-corrected chi connectivity index (χ2v) is 34.7. The molecule has 140 heavy (non-hydrogen) atoms. The summed E-state index contributed by atoms with van der Waals surface area (Å²) in [7, 11) is 0. The number of fused-ring (bicyclic) bond motifs is 25. The van der Waals surface area contributed by atoms with E-state index >= 15 is 0 Å². The summed E-state index contributed by atoms with van der Waals surface area (Å²) in [4.78, 5) is 31.4. The van der Waals surface area contributed by atoms with Crippen molar-refractivity contribution in [1.82, 2.24) is 57.7 Å². The van der Waals surface area contributed by atoms with Crippen LogP contribution >= 0.6 is 0 Å². The van der Waals surface area contributed by atoms with Gasteiger partial charge in [0.25, 0.3) is 0 Å². The molecule has 29 aromatic rings. The van der Waals surface area contributed by atoms with E-state index in [4.69, 9.17) is 37.0 Å². The zero-order chi connectivity index (χ0) is 92.5. The van der Waals surface area contributed by atoms with E-state index in [0.717, 1.165) is 184 Å². The van der Waals surface area contributed by atoms with Crippen molar-refractivity contribution in [1.29, 1.82) is 0 Å². The predicted molar refractivity (Wildman–Crippen MR) is 565 cm³/mol. The maximum Gasteiger partial charge on any atom is 0.158 e. The summed E-state index contributed by atoms with van der Waals surface area (Å²) < 4.78 is 40.6. The number of hydrogen-bond acceptors (Lipinski definition) is 12. The van der Waals surface area contributed by atoms with Crippen molar-refractivity contribution in [2.45, 2.75) is 12.3 Å². The molecule has 12 aromatic carbocycles. The fourth-order valence-corrected chi connectivity index (χ4v) is 20.3. The molecule has 0 radical (unpaired) electrons. The Morgan fingerprint density at radius 1 is 0.229 bits per heavy atom. The lowest BCUT2D eigenvalue weighted by molar-refractivity contribution is 0.617. The van der Waals surface area contributed by atoms with Crippen LogP contribution in [-0.2, 0) is 0 Å². The lowest BCUT2D eigenvalue weighted by Crippen LogP contribution is -2.03. The quantitative estimate of drug-likeness (QED) is 0.127. The van der Waals surface area contributed by atoms with Crippen molar-refractivity contribution < 1.29 is 22.1 Å². The molecule has 17 nitrogen and oxygen atoms in total. The van der Waals surface area contributed by atoms with E-state index in [2.05, 4.69) is 322 Å². The van der Waals surface area contributed by atoms with Crippen molar-refractivity contribution >= 4 is 170 Å². The number of hydrogen-bond donors (Lipinski definition) is 0. The maximum atomic E-state index is 5.90. The minimum atomic E-state index is 0.370. The minimum Gasteiger partial charge on any atom is -0.462 e. The molecule has 17 heterocycles. The molecule has 0 saturated heterocycles.